The lowest BCUT2D eigenvalue weighted by Crippen LogP contribution is -2.63. The van der Waals surface area contributed by atoms with Crippen LogP contribution in [-0.2, 0) is 52.4 Å². The fraction of sp³-hybridized carbons (Fsp3) is 0.520. The number of esters is 5. The van der Waals surface area contributed by atoms with E-state index in [9.17, 15) is 38.9 Å². The van der Waals surface area contributed by atoms with Crippen LogP contribution in [0.25, 0.3) is 0 Å². The monoisotopic (exact) mass is 583 g/mol. The molecular formula is C25H29NO15. The summed E-state index contributed by atoms with van der Waals surface area (Å²) in [6, 6.07) is 3.54. The third kappa shape index (κ3) is 9.23. The molecule has 0 spiro atoms. The summed E-state index contributed by atoms with van der Waals surface area (Å²) in [6.45, 7) is 3.62. The third-order valence-corrected chi connectivity index (χ3v) is 5.46. The fourth-order valence-electron chi connectivity index (χ4n) is 3.89. The van der Waals surface area contributed by atoms with Gasteiger partial charge in [-0.25, -0.2) is 0 Å². The molecule has 41 heavy (non-hydrogen) atoms. The Hall–Kier alpha value is -4.60. The van der Waals surface area contributed by atoms with Gasteiger partial charge in [-0.05, 0) is 12.1 Å². The van der Waals surface area contributed by atoms with Crippen LogP contribution >= 0.6 is 0 Å². The van der Waals surface area contributed by atoms with Crippen molar-refractivity contribution in [2.75, 3.05) is 13.7 Å². The van der Waals surface area contributed by atoms with Gasteiger partial charge in [0.25, 0.3) is 0 Å². The topological polar surface area (TPSA) is 210 Å². The number of ketones is 1. The van der Waals surface area contributed by atoms with Gasteiger partial charge in [0.05, 0.1) is 24.0 Å². The van der Waals surface area contributed by atoms with Gasteiger partial charge in [-0.3, -0.25) is 38.9 Å². The van der Waals surface area contributed by atoms with E-state index in [1.807, 2.05) is 0 Å². The van der Waals surface area contributed by atoms with Crippen molar-refractivity contribution in [1.82, 2.24) is 0 Å². The summed E-state index contributed by atoms with van der Waals surface area (Å²) < 4.78 is 36.8. The molecule has 5 atom stereocenters. The predicted octanol–water partition coefficient (Wildman–Crippen LogP) is 1.19. The Morgan fingerprint density at radius 1 is 0.854 bits per heavy atom. The van der Waals surface area contributed by atoms with Gasteiger partial charge in [-0.2, -0.15) is 0 Å². The number of Topliss-reactive ketones (excluding diaryl/α,β-unsaturated/α-hetero) is 1. The molecular weight excluding hydrogens is 554 g/mol. The number of hydrogen-bond acceptors (Lipinski definition) is 15. The molecule has 1 aromatic carbocycles. The SMILES string of the molecule is COC(=O)CCC(=O)c1cccc(O[C@@H]2O[C@H](COC(C)=O)[C@@H](OC(C)=O)[C@H](OC(C)=O)[C@H]2OC(C)=O)c1[N+](=O)[O-]. The zero-order chi connectivity index (χ0) is 30.9. The molecule has 0 aromatic heterocycles. The zero-order valence-electron chi connectivity index (χ0n) is 22.8. The fourth-order valence-corrected chi connectivity index (χ4v) is 3.89. The second-order valence-corrected chi connectivity index (χ2v) is 8.59. The lowest BCUT2D eigenvalue weighted by atomic mass is 9.98. The minimum Gasteiger partial charge on any atom is -0.469 e. The first-order valence-corrected chi connectivity index (χ1v) is 12.1. The lowest BCUT2D eigenvalue weighted by Gasteiger charge is -2.43. The molecule has 1 aliphatic heterocycles. The van der Waals surface area contributed by atoms with Crippen LogP contribution in [0.5, 0.6) is 5.75 Å². The van der Waals surface area contributed by atoms with Crippen LogP contribution in [0, 0.1) is 10.1 Å². The number of para-hydroxylation sites is 1. The van der Waals surface area contributed by atoms with Gasteiger partial charge < -0.3 is 33.2 Å². The molecule has 1 aromatic rings. The molecule has 0 unspecified atom stereocenters. The number of nitro benzene ring substituents is 1. The van der Waals surface area contributed by atoms with E-state index in [-0.39, 0.29) is 6.42 Å². The smallest absolute Gasteiger partial charge is 0.321 e. The normalized spacial score (nSPS) is 21.5. The van der Waals surface area contributed by atoms with E-state index >= 15 is 0 Å². The molecule has 0 saturated carbocycles. The van der Waals surface area contributed by atoms with E-state index in [1.54, 1.807) is 0 Å². The number of carbonyl (C=O) groups is 6. The molecule has 1 saturated heterocycles. The van der Waals surface area contributed by atoms with E-state index < -0.39 is 101 Å². The lowest BCUT2D eigenvalue weighted by molar-refractivity contribution is -0.387. The van der Waals surface area contributed by atoms with Crippen LogP contribution in [-0.4, -0.2) is 85.0 Å². The van der Waals surface area contributed by atoms with Crippen molar-refractivity contribution in [1.29, 1.82) is 0 Å². The molecule has 2 rings (SSSR count). The largest absolute Gasteiger partial charge is 0.469 e. The van der Waals surface area contributed by atoms with Crippen LogP contribution in [0.15, 0.2) is 18.2 Å². The number of benzene rings is 1. The minimum absolute atomic E-state index is 0.336. The number of nitrogens with zero attached hydrogens (tertiary/aromatic N) is 1. The van der Waals surface area contributed by atoms with Crippen LogP contribution < -0.4 is 4.74 Å². The number of methoxy groups -OCH3 is 1. The van der Waals surface area contributed by atoms with Gasteiger partial charge in [-0.15, -0.1) is 0 Å². The Morgan fingerprint density at radius 2 is 1.44 bits per heavy atom. The van der Waals surface area contributed by atoms with Gasteiger partial charge in [0, 0.05) is 34.1 Å². The third-order valence-electron chi connectivity index (χ3n) is 5.46. The molecule has 0 amide bonds. The van der Waals surface area contributed by atoms with Crippen molar-refractivity contribution >= 4 is 41.3 Å². The van der Waals surface area contributed by atoms with Crippen molar-refractivity contribution < 1.29 is 66.8 Å². The number of ether oxygens (including phenoxy) is 7. The number of nitro groups is 1. The zero-order valence-corrected chi connectivity index (χ0v) is 22.8. The standard InChI is InChI=1S/C25H29NO15/c1-12(27)36-11-19-22(37-13(2)28)23(38-14(3)29)24(39-15(4)30)25(41-19)40-18-8-6-7-16(21(18)26(33)34)17(31)9-10-20(32)35-5/h6-8,19,22-25H,9-11H2,1-5H3/t19-,22-,23+,24-,25-/m1/s1. The molecule has 16 heteroatoms. The molecule has 0 N–H and O–H groups in total. The van der Waals surface area contributed by atoms with Crippen molar-refractivity contribution in [3.63, 3.8) is 0 Å². The van der Waals surface area contributed by atoms with Crippen molar-refractivity contribution in [2.45, 2.75) is 71.2 Å². The quantitative estimate of drug-likeness (QED) is 0.111. The van der Waals surface area contributed by atoms with Crippen LogP contribution in [0.2, 0.25) is 0 Å². The first kappa shape index (κ1) is 32.6. The van der Waals surface area contributed by atoms with Gasteiger partial charge in [0.15, 0.2) is 18.0 Å². The summed E-state index contributed by atoms with van der Waals surface area (Å²) >= 11 is 0. The Labute approximate surface area is 233 Å². The highest BCUT2D eigenvalue weighted by atomic mass is 16.7. The predicted molar refractivity (Wildman–Crippen MR) is 131 cm³/mol. The van der Waals surface area contributed by atoms with Gasteiger partial charge in [0.1, 0.15) is 12.7 Å². The second kappa shape index (κ2) is 14.7. The highest BCUT2D eigenvalue weighted by molar-refractivity contribution is 6.01. The summed E-state index contributed by atoms with van der Waals surface area (Å²) in [5, 5.41) is 12.0. The first-order valence-electron chi connectivity index (χ1n) is 12.1. The summed E-state index contributed by atoms with van der Waals surface area (Å²) in [5.74, 6) is -5.38. The molecule has 1 heterocycles. The van der Waals surface area contributed by atoms with Crippen molar-refractivity contribution in [3.05, 3.63) is 33.9 Å². The molecule has 224 valence electrons. The van der Waals surface area contributed by atoms with Crippen molar-refractivity contribution in [2.24, 2.45) is 0 Å². The number of rotatable bonds is 12. The molecule has 1 fully saturated rings. The maximum Gasteiger partial charge on any atom is 0.321 e. The highest BCUT2D eigenvalue weighted by Crippen LogP contribution is 2.36. The van der Waals surface area contributed by atoms with Crippen LogP contribution in [0.3, 0.4) is 0 Å². The molecule has 16 nitrogen and oxygen atoms in total. The Bertz CT molecular complexity index is 1200. The summed E-state index contributed by atoms with van der Waals surface area (Å²) in [5.41, 5.74) is -1.20. The number of carbonyl (C=O) groups excluding carboxylic acids is 6. The van der Waals surface area contributed by atoms with Crippen LogP contribution in [0.4, 0.5) is 5.69 Å². The maximum atomic E-state index is 12.7. The first-order chi connectivity index (χ1) is 19.2. The molecule has 0 radical (unpaired) electrons. The Morgan fingerprint density at radius 3 is 1.98 bits per heavy atom. The Kier molecular flexibility index (Phi) is 11.7. The minimum atomic E-state index is -1.77. The van der Waals surface area contributed by atoms with E-state index in [0.717, 1.165) is 46.9 Å². The second-order valence-electron chi connectivity index (χ2n) is 8.59. The summed E-state index contributed by atoms with van der Waals surface area (Å²) in [4.78, 5) is 82.7. The number of hydrogen-bond donors (Lipinski definition) is 0. The molecule has 0 bridgehead atoms. The van der Waals surface area contributed by atoms with E-state index in [1.165, 1.54) is 6.07 Å². The summed E-state index contributed by atoms with van der Waals surface area (Å²) in [7, 11) is 1.12. The van der Waals surface area contributed by atoms with Gasteiger partial charge >= 0.3 is 35.5 Å². The van der Waals surface area contributed by atoms with Gasteiger partial charge in [-0.1, -0.05) is 6.07 Å². The molecule has 1 aliphatic rings. The highest BCUT2D eigenvalue weighted by Gasteiger charge is 2.53. The average Bonchev–Trinajstić information content (AvgIpc) is 2.88. The molecule has 0 aliphatic carbocycles. The average molecular weight is 583 g/mol. The van der Waals surface area contributed by atoms with Crippen LogP contribution in [0.1, 0.15) is 50.9 Å². The Balaban J connectivity index is 2.58. The summed E-state index contributed by atoms with van der Waals surface area (Å²) in [6.07, 6.45) is -8.59. The van der Waals surface area contributed by atoms with Crippen molar-refractivity contribution in [3.8, 4) is 5.75 Å². The maximum absolute atomic E-state index is 12.7. The van der Waals surface area contributed by atoms with E-state index in [2.05, 4.69) is 4.74 Å². The van der Waals surface area contributed by atoms with Gasteiger partial charge in [0.2, 0.25) is 18.1 Å². The van der Waals surface area contributed by atoms with E-state index in [4.69, 9.17) is 28.4 Å². The van der Waals surface area contributed by atoms with E-state index in [0.29, 0.717) is 0 Å².